The van der Waals surface area contributed by atoms with Crippen molar-refractivity contribution >= 4 is 34.3 Å². The van der Waals surface area contributed by atoms with Gasteiger partial charge in [0.25, 0.3) is 11.1 Å². The Labute approximate surface area is 159 Å². The Kier molecular flexibility index (Phi) is 4.77. The summed E-state index contributed by atoms with van der Waals surface area (Å²) in [6.07, 6.45) is 1.76. The second-order valence-corrected chi connectivity index (χ2v) is 6.80. The van der Waals surface area contributed by atoms with Gasteiger partial charge >= 0.3 is 0 Å². The summed E-state index contributed by atoms with van der Waals surface area (Å²) in [7, 11) is 1.61. The van der Waals surface area contributed by atoms with Crippen molar-refractivity contribution < 1.29 is 9.15 Å². The molecule has 0 bridgehead atoms. The number of benzene rings is 2. The normalized spacial score (nSPS) is 11.0. The second kappa shape index (κ2) is 7.35. The lowest BCUT2D eigenvalue weighted by molar-refractivity contribution is 0.411. The van der Waals surface area contributed by atoms with Gasteiger partial charge in [0, 0.05) is 22.4 Å². The number of hydrogen-bond donors (Lipinski definition) is 0. The molecule has 2 aromatic heterocycles. The van der Waals surface area contributed by atoms with Gasteiger partial charge in [0.2, 0.25) is 0 Å². The van der Waals surface area contributed by atoms with Crippen LogP contribution in [0.1, 0.15) is 5.56 Å². The molecular formula is C19H14ClN3O2S. The first-order valence-corrected chi connectivity index (χ1v) is 9.24. The van der Waals surface area contributed by atoms with Crippen molar-refractivity contribution in [1.82, 2.24) is 15.2 Å². The molecule has 0 saturated carbocycles. The summed E-state index contributed by atoms with van der Waals surface area (Å²) in [6.45, 7) is 0. The second-order valence-electron chi connectivity index (χ2n) is 5.47. The fourth-order valence-corrected chi connectivity index (χ4v) is 3.61. The van der Waals surface area contributed by atoms with Crippen LogP contribution in [0, 0.1) is 0 Å². The van der Waals surface area contributed by atoms with Crippen LogP contribution in [-0.2, 0) is 5.75 Å². The maximum atomic E-state index is 6.25. The molecular weight excluding hydrogens is 370 g/mol. The van der Waals surface area contributed by atoms with Crippen LogP contribution >= 0.6 is 23.4 Å². The van der Waals surface area contributed by atoms with Gasteiger partial charge in [-0.05, 0) is 35.9 Å². The van der Waals surface area contributed by atoms with Gasteiger partial charge in [-0.15, -0.1) is 10.2 Å². The molecule has 0 atom stereocenters. The largest absolute Gasteiger partial charge is 0.496 e. The molecule has 0 spiro atoms. The van der Waals surface area contributed by atoms with Crippen LogP contribution in [0.4, 0.5) is 0 Å². The van der Waals surface area contributed by atoms with Crippen LogP contribution in [0.5, 0.6) is 5.75 Å². The van der Waals surface area contributed by atoms with E-state index in [9.17, 15) is 0 Å². The highest BCUT2D eigenvalue weighted by Crippen LogP contribution is 2.33. The lowest BCUT2D eigenvalue weighted by Crippen LogP contribution is -1.88. The van der Waals surface area contributed by atoms with Crippen molar-refractivity contribution in [2.75, 3.05) is 7.11 Å². The van der Waals surface area contributed by atoms with E-state index in [1.807, 2.05) is 48.5 Å². The highest BCUT2D eigenvalue weighted by Gasteiger charge is 2.14. The number of thioether (sulfide) groups is 1. The zero-order chi connectivity index (χ0) is 17.9. The van der Waals surface area contributed by atoms with E-state index in [4.69, 9.17) is 20.8 Å². The van der Waals surface area contributed by atoms with Gasteiger partial charge in [-0.2, -0.15) is 0 Å². The van der Waals surface area contributed by atoms with E-state index in [0.29, 0.717) is 27.6 Å². The number of methoxy groups -OCH3 is 1. The molecule has 0 unspecified atom stereocenters. The van der Waals surface area contributed by atoms with E-state index in [0.717, 1.165) is 22.0 Å². The number of hydrogen-bond acceptors (Lipinski definition) is 6. The molecule has 0 radical (unpaired) electrons. The zero-order valence-electron chi connectivity index (χ0n) is 13.8. The number of halogens is 1. The van der Waals surface area contributed by atoms with Crippen LogP contribution in [-0.4, -0.2) is 22.3 Å². The lowest BCUT2D eigenvalue weighted by atomic mass is 10.1. The minimum absolute atomic E-state index is 0.434. The summed E-state index contributed by atoms with van der Waals surface area (Å²) in [6, 6.07) is 15.2. The molecule has 26 heavy (non-hydrogen) atoms. The molecule has 7 heteroatoms. The summed E-state index contributed by atoms with van der Waals surface area (Å²) in [5.74, 6) is 1.78. The molecule has 0 N–H and O–H groups in total. The highest BCUT2D eigenvalue weighted by atomic mass is 35.5. The number of para-hydroxylation sites is 1. The van der Waals surface area contributed by atoms with Crippen LogP contribution in [0.2, 0.25) is 5.02 Å². The molecule has 0 aliphatic rings. The van der Waals surface area contributed by atoms with Crippen molar-refractivity contribution in [3.63, 3.8) is 0 Å². The van der Waals surface area contributed by atoms with Gasteiger partial charge < -0.3 is 9.15 Å². The SMILES string of the molecule is COc1ccccc1-c1nnc(SCc2ccc(Cl)c3cccnc23)o1. The smallest absolute Gasteiger partial charge is 0.277 e. The van der Waals surface area contributed by atoms with E-state index >= 15 is 0 Å². The third-order valence-electron chi connectivity index (χ3n) is 3.90. The maximum Gasteiger partial charge on any atom is 0.277 e. The lowest BCUT2D eigenvalue weighted by Gasteiger charge is -2.05. The van der Waals surface area contributed by atoms with Crippen LogP contribution < -0.4 is 4.74 Å². The van der Waals surface area contributed by atoms with E-state index in [1.165, 1.54) is 11.8 Å². The van der Waals surface area contributed by atoms with Crippen LogP contribution in [0.15, 0.2) is 64.4 Å². The zero-order valence-corrected chi connectivity index (χ0v) is 15.4. The van der Waals surface area contributed by atoms with Gasteiger partial charge in [-0.3, -0.25) is 4.98 Å². The van der Waals surface area contributed by atoms with Crippen LogP contribution in [0.3, 0.4) is 0 Å². The summed E-state index contributed by atoms with van der Waals surface area (Å²) in [5, 5.41) is 10.4. The first kappa shape index (κ1) is 16.9. The Morgan fingerprint density at radius 1 is 1.08 bits per heavy atom. The number of nitrogens with zero attached hydrogens (tertiary/aromatic N) is 3. The quantitative estimate of drug-likeness (QED) is 0.439. The van der Waals surface area contributed by atoms with Crippen molar-refractivity contribution in [3.8, 4) is 17.2 Å². The minimum atomic E-state index is 0.434. The highest BCUT2D eigenvalue weighted by molar-refractivity contribution is 7.98. The standard InChI is InChI=1S/C19H14ClN3O2S/c1-24-16-7-3-2-5-14(16)18-22-23-19(25-18)26-11-12-8-9-15(20)13-6-4-10-21-17(12)13/h2-10H,11H2,1H3. The number of aromatic nitrogens is 3. The van der Waals surface area contributed by atoms with E-state index < -0.39 is 0 Å². The summed E-state index contributed by atoms with van der Waals surface area (Å²) < 4.78 is 11.1. The van der Waals surface area contributed by atoms with Gasteiger partial charge in [-0.1, -0.05) is 41.6 Å². The third kappa shape index (κ3) is 3.25. The Hall–Kier alpha value is -2.57. The van der Waals surface area contributed by atoms with Gasteiger partial charge in [0.1, 0.15) is 5.75 Å². The molecule has 2 heterocycles. The fourth-order valence-electron chi connectivity index (χ4n) is 2.65. The molecule has 0 fully saturated rings. The first-order chi connectivity index (χ1) is 12.8. The Morgan fingerprint density at radius 2 is 1.96 bits per heavy atom. The number of ether oxygens (including phenoxy) is 1. The molecule has 130 valence electrons. The van der Waals surface area contributed by atoms with Gasteiger partial charge in [0.05, 0.1) is 18.2 Å². The molecule has 0 aliphatic heterocycles. The predicted molar refractivity (Wildman–Crippen MR) is 103 cm³/mol. The molecule has 0 saturated heterocycles. The van der Waals surface area contributed by atoms with Crippen molar-refractivity contribution in [2.24, 2.45) is 0 Å². The van der Waals surface area contributed by atoms with E-state index in [2.05, 4.69) is 15.2 Å². The monoisotopic (exact) mass is 383 g/mol. The summed E-state index contributed by atoms with van der Waals surface area (Å²) >= 11 is 7.71. The van der Waals surface area contributed by atoms with E-state index in [-0.39, 0.29) is 0 Å². The fraction of sp³-hybridized carbons (Fsp3) is 0.105. The van der Waals surface area contributed by atoms with Crippen LogP contribution in [0.25, 0.3) is 22.4 Å². The van der Waals surface area contributed by atoms with Crippen molar-refractivity contribution in [1.29, 1.82) is 0 Å². The van der Waals surface area contributed by atoms with Gasteiger partial charge in [0.15, 0.2) is 0 Å². The van der Waals surface area contributed by atoms with Crippen molar-refractivity contribution in [3.05, 3.63) is 65.3 Å². The maximum absolute atomic E-state index is 6.25. The van der Waals surface area contributed by atoms with E-state index in [1.54, 1.807) is 13.3 Å². The Bertz CT molecular complexity index is 1070. The van der Waals surface area contributed by atoms with Crippen molar-refractivity contribution in [2.45, 2.75) is 11.0 Å². The van der Waals surface area contributed by atoms with Gasteiger partial charge in [-0.25, -0.2) is 0 Å². The molecule has 4 rings (SSSR count). The number of rotatable bonds is 5. The Balaban J connectivity index is 1.57. The molecule has 5 nitrogen and oxygen atoms in total. The third-order valence-corrected chi connectivity index (χ3v) is 5.09. The summed E-state index contributed by atoms with van der Waals surface area (Å²) in [4.78, 5) is 4.45. The molecule has 0 aliphatic carbocycles. The summed E-state index contributed by atoms with van der Waals surface area (Å²) in [5.41, 5.74) is 2.72. The number of pyridine rings is 1. The Morgan fingerprint density at radius 3 is 2.85 bits per heavy atom. The number of fused-ring (bicyclic) bond motifs is 1. The predicted octanol–water partition coefficient (Wildman–Crippen LogP) is 5.24. The average Bonchev–Trinajstić information content (AvgIpc) is 3.16. The molecule has 4 aromatic rings. The minimum Gasteiger partial charge on any atom is -0.496 e. The average molecular weight is 384 g/mol. The molecule has 0 amide bonds. The molecule has 2 aromatic carbocycles. The first-order valence-electron chi connectivity index (χ1n) is 7.88. The topological polar surface area (TPSA) is 61.0 Å².